The number of urea groups is 1. The zero-order chi connectivity index (χ0) is 17.8. The minimum atomic E-state index is -0.366. The lowest BCUT2D eigenvalue weighted by Crippen LogP contribution is -2.29. The number of hydrogen-bond donors (Lipinski definition) is 2. The van der Waals surface area contributed by atoms with Crippen LogP contribution in [0.3, 0.4) is 0 Å². The van der Waals surface area contributed by atoms with E-state index in [-0.39, 0.29) is 18.7 Å². The number of fused-ring (bicyclic) bond motifs is 1. The van der Waals surface area contributed by atoms with Gasteiger partial charge < -0.3 is 24.6 Å². The van der Waals surface area contributed by atoms with E-state index in [0.29, 0.717) is 36.9 Å². The number of amides is 2. The number of nitrogens with zero attached hydrogens (tertiary/aromatic N) is 2. The van der Waals surface area contributed by atoms with E-state index in [2.05, 4.69) is 20.8 Å². The van der Waals surface area contributed by atoms with Gasteiger partial charge in [-0.1, -0.05) is 5.16 Å². The van der Waals surface area contributed by atoms with Gasteiger partial charge in [0.05, 0.1) is 25.9 Å². The Morgan fingerprint density at radius 2 is 2.28 bits per heavy atom. The molecule has 8 heteroatoms. The summed E-state index contributed by atoms with van der Waals surface area (Å²) in [5.41, 5.74) is 3.06. The lowest BCUT2D eigenvalue weighted by molar-refractivity contribution is 0.102. The number of aryl methyl sites for hydroxylation is 1. The first-order chi connectivity index (χ1) is 12.0. The largest absolute Gasteiger partial charge is 0.473 e. The van der Waals surface area contributed by atoms with Gasteiger partial charge in [0, 0.05) is 18.2 Å². The van der Waals surface area contributed by atoms with Crippen LogP contribution in [0.15, 0.2) is 16.8 Å². The summed E-state index contributed by atoms with van der Waals surface area (Å²) in [4.78, 5) is 16.5. The molecule has 2 N–H and O–H groups in total. The fourth-order valence-electron chi connectivity index (χ4n) is 2.51. The number of carbonyl (C=O) groups excluding carboxylic acids is 1. The Balaban J connectivity index is 1.63. The van der Waals surface area contributed by atoms with E-state index in [9.17, 15) is 4.79 Å². The Labute approximate surface area is 145 Å². The van der Waals surface area contributed by atoms with Crippen molar-refractivity contribution in [2.45, 2.75) is 46.4 Å². The average Bonchev–Trinajstić information content (AvgIpc) is 2.98. The van der Waals surface area contributed by atoms with E-state index < -0.39 is 0 Å². The van der Waals surface area contributed by atoms with E-state index in [1.54, 1.807) is 6.20 Å². The third kappa shape index (κ3) is 4.27. The molecule has 0 aromatic carbocycles. The number of pyridine rings is 1. The highest BCUT2D eigenvalue weighted by Gasteiger charge is 2.20. The maximum absolute atomic E-state index is 12.2. The zero-order valence-electron chi connectivity index (χ0n) is 14.6. The topological polar surface area (TPSA) is 98.5 Å². The Morgan fingerprint density at radius 1 is 1.44 bits per heavy atom. The van der Waals surface area contributed by atoms with Gasteiger partial charge in [0.15, 0.2) is 0 Å². The summed E-state index contributed by atoms with van der Waals surface area (Å²) >= 11 is 0. The van der Waals surface area contributed by atoms with Crippen LogP contribution in [-0.2, 0) is 24.3 Å². The van der Waals surface area contributed by atoms with E-state index in [4.69, 9.17) is 14.0 Å². The Hall–Kier alpha value is -2.61. The molecule has 3 heterocycles. The molecule has 0 saturated heterocycles. The number of anilines is 1. The second-order valence-corrected chi connectivity index (χ2v) is 6.17. The normalized spacial score (nSPS) is 13.4. The summed E-state index contributed by atoms with van der Waals surface area (Å²) in [7, 11) is 0. The molecular weight excluding hydrogens is 324 g/mol. The standard InChI is InChI=1S/C17H22N4O4/c1-10(2)24-16-13(6-11(3)7-18-16)20-17(22)19-8-14-12-9-23-5-4-15(12)25-21-14/h6-7,10H,4-5,8-9H2,1-3H3,(H2,19,20,22). The molecule has 0 fully saturated rings. The van der Waals surface area contributed by atoms with Crippen LogP contribution in [0.5, 0.6) is 5.88 Å². The van der Waals surface area contributed by atoms with Crippen molar-refractivity contribution < 1.29 is 18.8 Å². The molecular formula is C17H22N4O4. The molecule has 1 aliphatic rings. The molecule has 2 amide bonds. The van der Waals surface area contributed by atoms with Crippen molar-refractivity contribution >= 4 is 11.7 Å². The van der Waals surface area contributed by atoms with Gasteiger partial charge in [-0.15, -0.1) is 0 Å². The molecule has 134 valence electrons. The fraction of sp³-hybridized carbons (Fsp3) is 0.471. The molecule has 2 aromatic rings. The van der Waals surface area contributed by atoms with Gasteiger partial charge in [-0.25, -0.2) is 9.78 Å². The Bertz CT molecular complexity index is 757. The van der Waals surface area contributed by atoms with Crippen LogP contribution in [0.2, 0.25) is 0 Å². The first kappa shape index (κ1) is 17.2. The minimum Gasteiger partial charge on any atom is -0.473 e. The van der Waals surface area contributed by atoms with Gasteiger partial charge in [-0.3, -0.25) is 0 Å². The molecule has 0 saturated carbocycles. The number of carbonyl (C=O) groups is 1. The van der Waals surface area contributed by atoms with Crippen molar-refractivity contribution in [3.05, 3.63) is 34.8 Å². The van der Waals surface area contributed by atoms with Gasteiger partial charge in [0.2, 0.25) is 5.88 Å². The molecule has 3 rings (SSSR count). The predicted octanol–water partition coefficient (Wildman–Crippen LogP) is 2.56. The highest BCUT2D eigenvalue weighted by molar-refractivity contribution is 5.90. The summed E-state index contributed by atoms with van der Waals surface area (Å²) < 4.78 is 16.3. The van der Waals surface area contributed by atoms with Crippen LogP contribution in [-0.4, -0.2) is 28.9 Å². The molecule has 0 atom stereocenters. The van der Waals surface area contributed by atoms with Crippen LogP contribution in [0.1, 0.15) is 36.4 Å². The number of nitrogens with one attached hydrogen (secondary N) is 2. The van der Waals surface area contributed by atoms with Crippen molar-refractivity contribution in [3.8, 4) is 5.88 Å². The molecule has 2 aromatic heterocycles. The van der Waals surface area contributed by atoms with Crippen LogP contribution in [0.25, 0.3) is 0 Å². The van der Waals surface area contributed by atoms with Crippen molar-refractivity contribution in [1.82, 2.24) is 15.5 Å². The third-order valence-electron chi connectivity index (χ3n) is 3.67. The Morgan fingerprint density at radius 3 is 3.08 bits per heavy atom. The van der Waals surface area contributed by atoms with Gasteiger partial charge >= 0.3 is 6.03 Å². The smallest absolute Gasteiger partial charge is 0.319 e. The SMILES string of the molecule is Cc1cnc(OC(C)C)c(NC(=O)NCc2noc3c2COCC3)c1. The molecule has 0 aliphatic carbocycles. The predicted molar refractivity (Wildman–Crippen MR) is 90.5 cm³/mol. The highest BCUT2D eigenvalue weighted by atomic mass is 16.5. The second kappa shape index (κ2) is 7.52. The van der Waals surface area contributed by atoms with Crippen LogP contribution >= 0.6 is 0 Å². The van der Waals surface area contributed by atoms with Crippen molar-refractivity contribution in [2.75, 3.05) is 11.9 Å². The van der Waals surface area contributed by atoms with Gasteiger partial charge in [0.1, 0.15) is 17.1 Å². The van der Waals surface area contributed by atoms with Gasteiger partial charge in [0.25, 0.3) is 0 Å². The van der Waals surface area contributed by atoms with E-state index in [1.807, 2.05) is 26.8 Å². The summed E-state index contributed by atoms with van der Waals surface area (Å²) in [6.07, 6.45) is 2.36. The minimum absolute atomic E-state index is 0.0412. The van der Waals surface area contributed by atoms with Crippen LogP contribution in [0, 0.1) is 6.92 Å². The second-order valence-electron chi connectivity index (χ2n) is 6.17. The quantitative estimate of drug-likeness (QED) is 0.863. The molecule has 0 unspecified atom stereocenters. The summed E-state index contributed by atoms with van der Waals surface area (Å²) in [6.45, 7) is 7.06. The van der Waals surface area contributed by atoms with Gasteiger partial charge in [-0.05, 0) is 32.4 Å². The molecule has 1 aliphatic heterocycles. The fourth-order valence-corrected chi connectivity index (χ4v) is 2.51. The highest BCUT2D eigenvalue weighted by Crippen LogP contribution is 2.24. The van der Waals surface area contributed by atoms with E-state index >= 15 is 0 Å². The molecule has 0 radical (unpaired) electrons. The first-order valence-corrected chi connectivity index (χ1v) is 8.25. The van der Waals surface area contributed by atoms with Gasteiger partial charge in [-0.2, -0.15) is 0 Å². The average molecular weight is 346 g/mol. The van der Waals surface area contributed by atoms with Crippen LogP contribution < -0.4 is 15.4 Å². The van der Waals surface area contributed by atoms with E-state index in [1.165, 1.54) is 0 Å². The number of aromatic nitrogens is 2. The summed E-state index contributed by atoms with van der Waals surface area (Å²) in [6, 6.07) is 1.45. The summed E-state index contributed by atoms with van der Waals surface area (Å²) in [5, 5.41) is 9.56. The first-order valence-electron chi connectivity index (χ1n) is 8.25. The number of hydrogen-bond acceptors (Lipinski definition) is 6. The third-order valence-corrected chi connectivity index (χ3v) is 3.67. The van der Waals surface area contributed by atoms with Crippen molar-refractivity contribution in [1.29, 1.82) is 0 Å². The van der Waals surface area contributed by atoms with Crippen molar-refractivity contribution in [2.24, 2.45) is 0 Å². The molecule has 8 nitrogen and oxygen atoms in total. The van der Waals surface area contributed by atoms with Crippen LogP contribution in [0.4, 0.5) is 10.5 Å². The monoisotopic (exact) mass is 346 g/mol. The van der Waals surface area contributed by atoms with Crippen molar-refractivity contribution in [3.63, 3.8) is 0 Å². The number of ether oxygens (including phenoxy) is 2. The lowest BCUT2D eigenvalue weighted by Gasteiger charge is -2.15. The maximum Gasteiger partial charge on any atom is 0.319 e. The molecule has 25 heavy (non-hydrogen) atoms. The Kier molecular flexibility index (Phi) is 5.18. The summed E-state index contributed by atoms with van der Waals surface area (Å²) in [5.74, 6) is 1.22. The lowest BCUT2D eigenvalue weighted by atomic mass is 10.1. The zero-order valence-corrected chi connectivity index (χ0v) is 14.6. The maximum atomic E-state index is 12.2. The van der Waals surface area contributed by atoms with E-state index in [0.717, 1.165) is 16.9 Å². The number of rotatable bonds is 5. The molecule has 0 spiro atoms. The molecule has 0 bridgehead atoms.